The Hall–Kier alpha value is -2.94. The first kappa shape index (κ1) is 19.8. The van der Waals surface area contributed by atoms with E-state index in [1.807, 2.05) is 6.07 Å². The minimum Gasteiger partial charge on any atom is -0.482 e. The lowest BCUT2D eigenvalue weighted by atomic mass is 10.2. The number of carbonyl (C=O) groups excluding carboxylic acids is 1. The van der Waals surface area contributed by atoms with Crippen LogP contribution in [0.4, 0.5) is 18.9 Å². The summed E-state index contributed by atoms with van der Waals surface area (Å²) in [6, 6.07) is 8.31. The van der Waals surface area contributed by atoms with Crippen molar-refractivity contribution in [3.63, 3.8) is 0 Å². The van der Waals surface area contributed by atoms with Crippen LogP contribution in [-0.4, -0.2) is 28.7 Å². The number of ether oxygens (including phenoxy) is 1. The molecule has 0 saturated heterocycles. The van der Waals surface area contributed by atoms with Crippen molar-refractivity contribution in [3.05, 3.63) is 59.4 Å². The minimum atomic E-state index is -4.46. The summed E-state index contributed by atoms with van der Waals surface area (Å²) in [5.74, 6) is -0.427. The van der Waals surface area contributed by atoms with E-state index < -0.39 is 18.7 Å². The van der Waals surface area contributed by atoms with Gasteiger partial charge in [-0.05, 0) is 36.8 Å². The number of alkyl halides is 3. The summed E-state index contributed by atoms with van der Waals surface area (Å²) in [4.78, 5) is 20.8. The van der Waals surface area contributed by atoms with Crippen LogP contribution in [-0.2, 0) is 11.2 Å². The standard InChI is InChI=1S/C19H16F3N3O2S/c1-12-4-5-15(16(7-12)27-11-19(20,21)22)25-17(26)8-14-10-28-18(24-14)13-3-2-6-23-9-13/h2-7,9-10H,8,11H2,1H3,(H,25,26). The lowest BCUT2D eigenvalue weighted by Crippen LogP contribution is -2.21. The number of benzene rings is 1. The van der Waals surface area contributed by atoms with Gasteiger partial charge in [0, 0.05) is 23.3 Å². The Kier molecular flexibility index (Phi) is 5.93. The molecule has 0 radical (unpaired) electrons. The highest BCUT2D eigenvalue weighted by molar-refractivity contribution is 7.13. The Balaban J connectivity index is 1.67. The molecule has 0 saturated carbocycles. The van der Waals surface area contributed by atoms with Crippen molar-refractivity contribution >= 4 is 22.9 Å². The van der Waals surface area contributed by atoms with Gasteiger partial charge in [-0.1, -0.05) is 6.07 Å². The van der Waals surface area contributed by atoms with Crippen molar-refractivity contribution in [2.24, 2.45) is 0 Å². The number of anilines is 1. The second-order valence-electron chi connectivity index (χ2n) is 6.01. The van der Waals surface area contributed by atoms with Crippen LogP contribution in [0.15, 0.2) is 48.1 Å². The van der Waals surface area contributed by atoms with Crippen LogP contribution in [0.5, 0.6) is 5.75 Å². The number of hydrogen-bond acceptors (Lipinski definition) is 5. The van der Waals surface area contributed by atoms with Crippen molar-refractivity contribution in [2.75, 3.05) is 11.9 Å². The summed E-state index contributed by atoms with van der Waals surface area (Å²) >= 11 is 1.39. The summed E-state index contributed by atoms with van der Waals surface area (Å²) in [6.45, 7) is 0.293. The van der Waals surface area contributed by atoms with Crippen molar-refractivity contribution in [1.82, 2.24) is 9.97 Å². The molecule has 0 unspecified atom stereocenters. The predicted octanol–water partition coefficient (Wildman–Crippen LogP) is 4.64. The van der Waals surface area contributed by atoms with E-state index in [9.17, 15) is 18.0 Å². The van der Waals surface area contributed by atoms with Gasteiger partial charge in [0.25, 0.3) is 0 Å². The molecule has 0 aliphatic carbocycles. The molecular weight excluding hydrogens is 391 g/mol. The van der Waals surface area contributed by atoms with Gasteiger partial charge in [-0.15, -0.1) is 11.3 Å². The fraction of sp³-hybridized carbons (Fsp3) is 0.211. The van der Waals surface area contributed by atoms with Crippen molar-refractivity contribution < 1.29 is 22.7 Å². The Morgan fingerprint density at radius 2 is 2.11 bits per heavy atom. The van der Waals surface area contributed by atoms with E-state index in [-0.39, 0.29) is 17.9 Å². The van der Waals surface area contributed by atoms with Crippen molar-refractivity contribution in [1.29, 1.82) is 0 Å². The summed E-state index contributed by atoms with van der Waals surface area (Å²) < 4.78 is 42.2. The van der Waals surface area contributed by atoms with Gasteiger partial charge < -0.3 is 10.1 Å². The predicted molar refractivity (Wildman–Crippen MR) is 100 cm³/mol. The van der Waals surface area contributed by atoms with E-state index in [0.717, 1.165) is 16.1 Å². The lowest BCUT2D eigenvalue weighted by Gasteiger charge is -2.14. The molecule has 0 bridgehead atoms. The molecule has 2 aromatic heterocycles. The SMILES string of the molecule is Cc1ccc(NC(=O)Cc2csc(-c3cccnc3)n2)c(OCC(F)(F)F)c1. The zero-order valence-corrected chi connectivity index (χ0v) is 15.6. The molecule has 0 atom stereocenters. The summed E-state index contributed by atoms with van der Waals surface area (Å²) in [7, 11) is 0. The quantitative estimate of drug-likeness (QED) is 0.647. The van der Waals surface area contributed by atoms with Crippen LogP contribution in [0.1, 0.15) is 11.3 Å². The van der Waals surface area contributed by atoms with Crippen LogP contribution in [0.3, 0.4) is 0 Å². The number of rotatable bonds is 6. The van der Waals surface area contributed by atoms with E-state index >= 15 is 0 Å². The van der Waals surface area contributed by atoms with Crippen LogP contribution in [0.25, 0.3) is 10.6 Å². The topological polar surface area (TPSA) is 64.1 Å². The lowest BCUT2D eigenvalue weighted by molar-refractivity contribution is -0.153. The second-order valence-corrected chi connectivity index (χ2v) is 6.87. The zero-order valence-electron chi connectivity index (χ0n) is 14.8. The number of thiazole rings is 1. The minimum absolute atomic E-state index is 0.0106. The highest BCUT2D eigenvalue weighted by Crippen LogP contribution is 2.28. The summed E-state index contributed by atoms with van der Waals surface area (Å²) in [5, 5.41) is 5.09. The molecular formula is C19H16F3N3O2S. The second kappa shape index (κ2) is 8.39. The third-order valence-corrected chi connectivity index (χ3v) is 4.54. The highest BCUT2D eigenvalue weighted by Gasteiger charge is 2.29. The van der Waals surface area contributed by atoms with Crippen molar-refractivity contribution in [2.45, 2.75) is 19.5 Å². The summed E-state index contributed by atoms with van der Waals surface area (Å²) in [5.41, 5.74) is 2.31. The Labute approximate surface area is 163 Å². The molecule has 3 rings (SSSR count). The molecule has 5 nitrogen and oxygen atoms in total. The zero-order chi connectivity index (χ0) is 20.1. The van der Waals surface area contributed by atoms with Gasteiger partial charge in [0.1, 0.15) is 10.8 Å². The average molecular weight is 407 g/mol. The van der Waals surface area contributed by atoms with Gasteiger partial charge in [0.2, 0.25) is 5.91 Å². The first-order valence-electron chi connectivity index (χ1n) is 8.25. The van der Waals surface area contributed by atoms with Crippen LogP contribution in [0, 0.1) is 6.92 Å². The number of halogens is 3. The van der Waals surface area contributed by atoms with Crippen molar-refractivity contribution in [3.8, 4) is 16.3 Å². The Morgan fingerprint density at radius 3 is 2.82 bits per heavy atom. The fourth-order valence-electron chi connectivity index (χ4n) is 2.38. The van der Waals surface area contributed by atoms with E-state index in [2.05, 4.69) is 15.3 Å². The number of carbonyl (C=O) groups is 1. The van der Waals surface area contributed by atoms with Gasteiger partial charge >= 0.3 is 6.18 Å². The molecule has 0 aliphatic heterocycles. The molecule has 2 heterocycles. The Bertz CT molecular complexity index is 959. The van der Waals surface area contributed by atoms with E-state index in [1.165, 1.54) is 23.5 Å². The number of amides is 1. The smallest absolute Gasteiger partial charge is 0.422 e. The van der Waals surface area contributed by atoms with Gasteiger partial charge in [-0.3, -0.25) is 9.78 Å². The van der Waals surface area contributed by atoms with Crippen LogP contribution in [0.2, 0.25) is 0 Å². The molecule has 0 aliphatic rings. The first-order chi connectivity index (χ1) is 13.3. The summed E-state index contributed by atoms with van der Waals surface area (Å²) in [6.07, 6.45) is -1.14. The van der Waals surface area contributed by atoms with E-state index in [0.29, 0.717) is 5.69 Å². The molecule has 9 heteroatoms. The number of nitrogens with one attached hydrogen (secondary N) is 1. The number of nitrogens with zero attached hydrogens (tertiary/aromatic N) is 2. The maximum absolute atomic E-state index is 12.4. The Morgan fingerprint density at radius 1 is 1.29 bits per heavy atom. The van der Waals surface area contributed by atoms with Gasteiger partial charge in [-0.25, -0.2) is 4.98 Å². The normalized spacial score (nSPS) is 11.3. The van der Waals surface area contributed by atoms with E-state index in [1.54, 1.807) is 36.8 Å². The molecule has 3 aromatic rings. The molecule has 0 fully saturated rings. The number of hydrogen-bond donors (Lipinski definition) is 1. The maximum Gasteiger partial charge on any atom is 0.422 e. The molecule has 0 spiro atoms. The number of aryl methyl sites for hydroxylation is 1. The van der Waals surface area contributed by atoms with Crippen LogP contribution < -0.4 is 10.1 Å². The van der Waals surface area contributed by atoms with E-state index in [4.69, 9.17) is 4.74 Å². The monoisotopic (exact) mass is 407 g/mol. The first-order valence-corrected chi connectivity index (χ1v) is 9.13. The molecule has 1 amide bonds. The maximum atomic E-state index is 12.4. The highest BCUT2D eigenvalue weighted by atomic mass is 32.1. The molecule has 1 N–H and O–H groups in total. The average Bonchev–Trinajstić information content (AvgIpc) is 3.10. The largest absolute Gasteiger partial charge is 0.482 e. The molecule has 28 heavy (non-hydrogen) atoms. The molecule has 146 valence electrons. The van der Waals surface area contributed by atoms with Gasteiger partial charge in [0.05, 0.1) is 17.8 Å². The van der Waals surface area contributed by atoms with Crippen LogP contribution >= 0.6 is 11.3 Å². The third kappa shape index (κ3) is 5.53. The third-order valence-electron chi connectivity index (χ3n) is 3.60. The fourth-order valence-corrected chi connectivity index (χ4v) is 3.19. The molecule has 1 aromatic carbocycles. The van der Waals surface area contributed by atoms with Gasteiger partial charge in [-0.2, -0.15) is 13.2 Å². The number of aromatic nitrogens is 2. The number of pyridine rings is 1. The van der Waals surface area contributed by atoms with Gasteiger partial charge in [0.15, 0.2) is 6.61 Å².